The molecule has 10 heteroatoms. The molecule has 2 rings (SSSR count). The van der Waals surface area contributed by atoms with Crippen LogP contribution in [0.4, 0.5) is 5.69 Å². The molecule has 32 heavy (non-hydrogen) atoms. The normalized spacial score (nSPS) is 12.3. The lowest BCUT2D eigenvalue weighted by molar-refractivity contribution is -0.137. The van der Waals surface area contributed by atoms with Crippen LogP contribution < -0.4 is 24.3 Å². The van der Waals surface area contributed by atoms with Gasteiger partial charge in [0, 0.05) is 17.5 Å². The predicted molar refractivity (Wildman–Crippen MR) is 121 cm³/mol. The van der Waals surface area contributed by atoms with Crippen molar-refractivity contribution in [1.29, 1.82) is 0 Å². The van der Waals surface area contributed by atoms with Crippen LogP contribution in [0.5, 0.6) is 23.0 Å². The molecule has 0 heterocycles. The third-order valence-corrected chi connectivity index (χ3v) is 5.86. The number of nitrogens with one attached hydrogen (secondary N) is 1. The Labute approximate surface area is 187 Å². The smallest absolute Gasteiger partial charge is 0.325 e. The minimum Gasteiger partial charge on any atom is -0.496 e. The molecule has 9 nitrogen and oxygen atoms in total. The molecule has 0 aromatic heterocycles. The van der Waals surface area contributed by atoms with Gasteiger partial charge in [0.2, 0.25) is 0 Å². The van der Waals surface area contributed by atoms with E-state index in [1.807, 2.05) is 0 Å². The average Bonchev–Trinajstić information content (AvgIpc) is 2.76. The molecule has 1 atom stereocenters. The summed E-state index contributed by atoms with van der Waals surface area (Å²) in [5, 5.41) is 13.0. The number of hydrogen-bond donors (Lipinski definition) is 2. The minimum absolute atomic E-state index is 0.301. The van der Waals surface area contributed by atoms with Crippen molar-refractivity contribution in [2.24, 2.45) is 0 Å². The number of anilines is 1. The molecule has 0 saturated heterocycles. The minimum atomic E-state index is -3.69. The van der Waals surface area contributed by atoms with E-state index in [4.69, 9.17) is 24.1 Å². The molecule has 0 spiro atoms. The van der Waals surface area contributed by atoms with Gasteiger partial charge in [0.25, 0.3) is 0 Å². The van der Waals surface area contributed by atoms with E-state index in [0.717, 1.165) is 5.41 Å². The number of aliphatic carboxylic acids is 1. The number of carboxylic acid groups (broad SMARTS) is 1. The molecular weight excluding hydrogens is 438 g/mol. The van der Waals surface area contributed by atoms with Crippen LogP contribution in [0.25, 0.3) is 6.08 Å². The van der Waals surface area contributed by atoms with Gasteiger partial charge in [0.1, 0.15) is 29.0 Å². The van der Waals surface area contributed by atoms with Crippen molar-refractivity contribution < 1.29 is 37.3 Å². The molecule has 0 fully saturated rings. The zero-order valence-electron chi connectivity index (χ0n) is 18.5. The molecule has 0 amide bonds. The molecule has 0 radical (unpaired) electrons. The van der Waals surface area contributed by atoms with E-state index in [1.54, 1.807) is 30.3 Å². The Kier molecular flexibility index (Phi) is 8.36. The lowest BCUT2D eigenvalue weighted by Gasteiger charge is -2.15. The van der Waals surface area contributed by atoms with Crippen LogP contribution in [0.1, 0.15) is 18.1 Å². The van der Waals surface area contributed by atoms with Crippen molar-refractivity contribution in [3.63, 3.8) is 0 Å². The molecule has 174 valence electrons. The van der Waals surface area contributed by atoms with Gasteiger partial charge in [0.05, 0.1) is 45.4 Å². The van der Waals surface area contributed by atoms with Crippen LogP contribution >= 0.6 is 0 Å². The summed E-state index contributed by atoms with van der Waals surface area (Å²) in [4.78, 5) is 11.1. The third-order valence-electron chi connectivity index (χ3n) is 4.57. The van der Waals surface area contributed by atoms with Crippen molar-refractivity contribution in [3.05, 3.63) is 46.9 Å². The van der Waals surface area contributed by atoms with Gasteiger partial charge < -0.3 is 29.4 Å². The van der Waals surface area contributed by atoms with Crippen LogP contribution in [-0.4, -0.2) is 54.0 Å². The van der Waals surface area contributed by atoms with Crippen LogP contribution in [0, 0.1) is 0 Å². The Morgan fingerprint density at radius 1 is 1.00 bits per heavy atom. The second-order valence-electron chi connectivity index (χ2n) is 6.79. The third kappa shape index (κ3) is 6.30. The van der Waals surface area contributed by atoms with Crippen molar-refractivity contribution >= 4 is 27.6 Å². The molecule has 2 aromatic carbocycles. The number of rotatable bonds is 11. The number of ether oxygens (including phenoxy) is 4. The van der Waals surface area contributed by atoms with Crippen molar-refractivity contribution in [2.75, 3.05) is 33.8 Å². The number of methoxy groups -OCH3 is 4. The first-order valence-corrected chi connectivity index (χ1v) is 11.2. The summed E-state index contributed by atoms with van der Waals surface area (Å²) in [7, 11) is 2.19. The zero-order chi connectivity index (χ0) is 23.9. The molecule has 0 aliphatic heterocycles. The van der Waals surface area contributed by atoms with Gasteiger partial charge in [-0.15, -0.1) is 0 Å². The van der Waals surface area contributed by atoms with E-state index in [2.05, 4.69) is 5.32 Å². The Morgan fingerprint density at radius 3 is 2.09 bits per heavy atom. The number of hydrogen-bond acceptors (Lipinski definition) is 8. The van der Waals surface area contributed by atoms with E-state index in [9.17, 15) is 13.2 Å². The molecule has 2 aromatic rings. The summed E-state index contributed by atoms with van der Waals surface area (Å²) in [6.07, 6.45) is 1.40. The molecule has 2 N–H and O–H groups in total. The van der Waals surface area contributed by atoms with Crippen LogP contribution in [0.15, 0.2) is 35.7 Å². The Balaban J connectivity index is 2.33. The summed E-state index contributed by atoms with van der Waals surface area (Å²) in [6, 6.07) is 7.11. The molecule has 0 saturated carbocycles. The van der Waals surface area contributed by atoms with E-state index >= 15 is 0 Å². The summed E-state index contributed by atoms with van der Waals surface area (Å²) in [5.74, 6) is 0.354. The fraction of sp³-hybridized carbons (Fsp3) is 0.318. The molecular formula is C22H27NO8S. The van der Waals surface area contributed by atoms with Crippen LogP contribution in [0.2, 0.25) is 0 Å². The molecule has 0 aliphatic carbocycles. The van der Waals surface area contributed by atoms with Crippen LogP contribution in [-0.2, 0) is 20.4 Å². The fourth-order valence-electron chi connectivity index (χ4n) is 2.90. The average molecular weight is 466 g/mol. The Hall–Kier alpha value is -3.40. The number of sulfone groups is 1. The van der Waals surface area contributed by atoms with Crippen molar-refractivity contribution in [1.82, 2.24) is 0 Å². The highest BCUT2D eigenvalue weighted by Gasteiger charge is 2.17. The number of benzene rings is 2. The second kappa shape index (κ2) is 10.8. The van der Waals surface area contributed by atoms with Crippen molar-refractivity contribution in [3.8, 4) is 23.0 Å². The van der Waals surface area contributed by atoms with E-state index in [0.29, 0.717) is 39.8 Å². The molecule has 0 aliphatic rings. The van der Waals surface area contributed by atoms with Gasteiger partial charge in [-0.25, -0.2) is 8.42 Å². The summed E-state index contributed by atoms with van der Waals surface area (Å²) >= 11 is 0. The summed E-state index contributed by atoms with van der Waals surface area (Å²) in [5.41, 5.74) is 1.30. The summed E-state index contributed by atoms with van der Waals surface area (Å²) < 4.78 is 46.6. The number of carboxylic acids is 1. The van der Waals surface area contributed by atoms with E-state index in [-0.39, 0.29) is 5.75 Å². The Morgan fingerprint density at radius 2 is 1.59 bits per heavy atom. The Bertz CT molecular complexity index is 1070. The van der Waals surface area contributed by atoms with E-state index < -0.39 is 21.8 Å². The van der Waals surface area contributed by atoms with Gasteiger partial charge in [-0.1, -0.05) is 6.07 Å². The number of carbonyl (C=O) groups is 1. The largest absolute Gasteiger partial charge is 0.496 e. The highest BCUT2D eigenvalue weighted by atomic mass is 32.2. The monoisotopic (exact) mass is 465 g/mol. The van der Waals surface area contributed by atoms with Crippen LogP contribution in [0.3, 0.4) is 0 Å². The lowest BCUT2D eigenvalue weighted by Crippen LogP contribution is -2.25. The zero-order valence-corrected chi connectivity index (χ0v) is 19.4. The lowest BCUT2D eigenvalue weighted by atomic mass is 10.1. The van der Waals surface area contributed by atoms with Gasteiger partial charge in [-0.3, -0.25) is 4.79 Å². The summed E-state index contributed by atoms with van der Waals surface area (Å²) in [6.45, 7) is 1.48. The maximum absolute atomic E-state index is 12.8. The maximum atomic E-state index is 12.8. The molecule has 1 unspecified atom stereocenters. The van der Waals surface area contributed by atoms with Gasteiger partial charge in [-0.2, -0.15) is 0 Å². The first-order valence-electron chi connectivity index (χ1n) is 9.51. The predicted octanol–water partition coefficient (Wildman–Crippen LogP) is 3.19. The second-order valence-corrected chi connectivity index (χ2v) is 8.68. The molecule has 0 bridgehead atoms. The highest BCUT2D eigenvalue weighted by molar-refractivity contribution is 7.93. The topological polar surface area (TPSA) is 120 Å². The fourth-order valence-corrected chi connectivity index (χ4v) is 3.99. The van der Waals surface area contributed by atoms with Crippen molar-refractivity contribution in [2.45, 2.75) is 18.7 Å². The maximum Gasteiger partial charge on any atom is 0.325 e. The highest BCUT2D eigenvalue weighted by Crippen LogP contribution is 2.35. The van der Waals surface area contributed by atoms with Gasteiger partial charge in [0.15, 0.2) is 9.84 Å². The SMILES string of the molecule is COc1cc(OC)c(/C=C\S(=O)(=O)Cc2ccc(OC)c(NC(C)C(=O)O)c2)c(OC)c1. The van der Waals surface area contributed by atoms with E-state index in [1.165, 1.54) is 41.4 Å². The standard InChI is InChI=1S/C22H27NO8S/c1-14(22(24)25)23-18-10-15(6-7-19(18)29-3)13-32(26,27)9-8-17-20(30-4)11-16(28-2)12-21(17)31-5/h6-12,14,23H,13H2,1-5H3,(H,24,25)/b9-8-. The first-order chi connectivity index (χ1) is 15.1. The first kappa shape index (κ1) is 24.9. The van der Waals surface area contributed by atoms with Gasteiger partial charge >= 0.3 is 5.97 Å². The quantitative estimate of drug-likeness (QED) is 0.515. The van der Waals surface area contributed by atoms with Gasteiger partial charge in [-0.05, 0) is 30.7 Å².